The van der Waals surface area contributed by atoms with Crippen LogP contribution in [0, 0.1) is 0 Å². The molecule has 3 N–H and O–H groups in total. The molecule has 15 heavy (non-hydrogen) atoms. The van der Waals surface area contributed by atoms with Gasteiger partial charge in [-0.2, -0.15) is 0 Å². The van der Waals surface area contributed by atoms with E-state index >= 15 is 0 Å². The van der Waals surface area contributed by atoms with Crippen LogP contribution >= 0.6 is 0 Å². The molecule has 5 heteroatoms. The van der Waals surface area contributed by atoms with Crippen molar-refractivity contribution in [3.8, 4) is 0 Å². The normalized spacial score (nSPS) is 13.0. The van der Waals surface area contributed by atoms with Gasteiger partial charge in [0, 0.05) is 33.0 Å². The Bertz CT molecular complexity index is 124. The maximum absolute atomic E-state index is 8.64. The summed E-state index contributed by atoms with van der Waals surface area (Å²) in [6, 6.07) is -0.173. The number of aliphatic hydroxyl groups is 1. The van der Waals surface area contributed by atoms with Crippen LogP contribution in [0.25, 0.3) is 0 Å². The highest BCUT2D eigenvalue weighted by Gasteiger charge is 1.99. The Kier molecular flexibility index (Phi) is 11.7. The molecule has 0 spiro atoms. The molecule has 0 bridgehead atoms. The second-order valence-electron chi connectivity index (χ2n) is 3.30. The highest BCUT2D eigenvalue weighted by molar-refractivity contribution is 4.56. The standard InChI is InChI=1S/C10H23NO4/c1-13-4-2-5-14-7-8-15-6-3-10(11)9-12/h10,12H,2-9,11H2,1H3. The molecule has 0 aromatic rings. The number of rotatable bonds is 11. The quantitative estimate of drug-likeness (QED) is 0.471. The van der Waals surface area contributed by atoms with Crippen LogP contribution in [0.5, 0.6) is 0 Å². The second kappa shape index (κ2) is 11.9. The van der Waals surface area contributed by atoms with E-state index in [2.05, 4.69) is 0 Å². The monoisotopic (exact) mass is 221 g/mol. The van der Waals surface area contributed by atoms with Gasteiger partial charge in [-0.05, 0) is 12.8 Å². The molecule has 0 fully saturated rings. The summed E-state index contributed by atoms with van der Waals surface area (Å²) in [4.78, 5) is 0. The fourth-order valence-corrected chi connectivity index (χ4v) is 0.953. The van der Waals surface area contributed by atoms with Crippen LogP contribution in [-0.2, 0) is 14.2 Å². The summed E-state index contributed by atoms with van der Waals surface area (Å²) in [5.41, 5.74) is 5.49. The molecule has 1 unspecified atom stereocenters. The van der Waals surface area contributed by atoms with Crippen molar-refractivity contribution in [1.29, 1.82) is 0 Å². The molecule has 1 atom stereocenters. The van der Waals surface area contributed by atoms with Crippen molar-refractivity contribution in [2.45, 2.75) is 18.9 Å². The SMILES string of the molecule is COCCCOCCOCCC(N)CO. The van der Waals surface area contributed by atoms with E-state index in [0.717, 1.165) is 13.0 Å². The zero-order valence-corrected chi connectivity index (χ0v) is 9.48. The van der Waals surface area contributed by atoms with Crippen LogP contribution < -0.4 is 5.73 Å². The third kappa shape index (κ3) is 11.7. The van der Waals surface area contributed by atoms with Crippen LogP contribution in [0.4, 0.5) is 0 Å². The van der Waals surface area contributed by atoms with Crippen molar-refractivity contribution in [2.24, 2.45) is 5.73 Å². The third-order valence-corrected chi connectivity index (χ3v) is 1.88. The van der Waals surface area contributed by atoms with Crippen molar-refractivity contribution >= 4 is 0 Å². The molecule has 0 rings (SSSR count). The lowest BCUT2D eigenvalue weighted by atomic mass is 10.2. The van der Waals surface area contributed by atoms with E-state index in [1.165, 1.54) is 0 Å². The summed E-state index contributed by atoms with van der Waals surface area (Å²) in [5, 5.41) is 8.64. The van der Waals surface area contributed by atoms with Gasteiger partial charge in [0.15, 0.2) is 0 Å². The first-order valence-electron chi connectivity index (χ1n) is 5.32. The van der Waals surface area contributed by atoms with Gasteiger partial charge in [-0.25, -0.2) is 0 Å². The number of aliphatic hydroxyl groups excluding tert-OH is 1. The lowest BCUT2D eigenvalue weighted by molar-refractivity contribution is 0.0365. The summed E-state index contributed by atoms with van der Waals surface area (Å²) in [6.07, 6.45) is 1.59. The van der Waals surface area contributed by atoms with Crippen LogP contribution in [0.2, 0.25) is 0 Å². The van der Waals surface area contributed by atoms with Gasteiger partial charge in [0.1, 0.15) is 0 Å². The molecule has 0 amide bonds. The van der Waals surface area contributed by atoms with E-state index < -0.39 is 0 Å². The molecule has 0 saturated carbocycles. The van der Waals surface area contributed by atoms with Gasteiger partial charge in [-0.1, -0.05) is 0 Å². The molecule has 0 aromatic carbocycles. The summed E-state index contributed by atoms with van der Waals surface area (Å²) in [5.74, 6) is 0. The minimum atomic E-state index is -0.173. The fraction of sp³-hybridized carbons (Fsp3) is 1.00. The third-order valence-electron chi connectivity index (χ3n) is 1.88. The summed E-state index contributed by atoms with van der Waals surface area (Å²) in [7, 11) is 1.67. The lowest BCUT2D eigenvalue weighted by Gasteiger charge is -2.08. The number of hydrogen-bond acceptors (Lipinski definition) is 5. The Morgan fingerprint density at radius 3 is 2.33 bits per heavy atom. The molecule has 0 aliphatic heterocycles. The smallest absolute Gasteiger partial charge is 0.0700 e. The topological polar surface area (TPSA) is 73.9 Å². The van der Waals surface area contributed by atoms with Crippen LogP contribution in [0.15, 0.2) is 0 Å². The van der Waals surface area contributed by atoms with Crippen LogP contribution in [0.3, 0.4) is 0 Å². The molecule has 5 nitrogen and oxygen atoms in total. The van der Waals surface area contributed by atoms with Crippen molar-refractivity contribution in [1.82, 2.24) is 0 Å². The highest BCUT2D eigenvalue weighted by Crippen LogP contribution is 1.89. The number of hydrogen-bond donors (Lipinski definition) is 2. The van der Waals surface area contributed by atoms with E-state index in [1.54, 1.807) is 7.11 Å². The first kappa shape index (κ1) is 14.8. The summed E-state index contributed by atoms with van der Waals surface area (Å²) >= 11 is 0. The maximum Gasteiger partial charge on any atom is 0.0700 e. The van der Waals surface area contributed by atoms with Gasteiger partial charge in [0.25, 0.3) is 0 Å². The largest absolute Gasteiger partial charge is 0.395 e. The Labute approximate surface area is 91.5 Å². The molecule has 0 aliphatic rings. The van der Waals surface area contributed by atoms with E-state index in [0.29, 0.717) is 32.8 Å². The Hall–Kier alpha value is -0.200. The van der Waals surface area contributed by atoms with Crippen LogP contribution in [0.1, 0.15) is 12.8 Å². The molecule has 92 valence electrons. The molecule has 0 saturated heterocycles. The molecular formula is C10H23NO4. The predicted octanol–water partition coefficient (Wildman–Crippen LogP) is -0.234. The van der Waals surface area contributed by atoms with Crippen molar-refractivity contribution < 1.29 is 19.3 Å². The minimum absolute atomic E-state index is 0.0108. The van der Waals surface area contributed by atoms with E-state index in [4.69, 9.17) is 25.1 Å². The van der Waals surface area contributed by atoms with Gasteiger partial charge < -0.3 is 25.1 Å². The summed E-state index contributed by atoms with van der Waals surface area (Å²) < 4.78 is 15.4. The van der Waals surface area contributed by atoms with Gasteiger partial charge in [0.2, 0.25) is 0 Å². The number of nitrogens with two attached hydrogens (primary N) is 1. The van der Waals surface area contributed by atoms with Crippen molar-refractivity contribution in [3.63, 3.8) is 0 Å². The number of ether oxygens (including phenoxy) is 3. The van der Waals surface area contributed by atoms with Crippen LogP contribution in [-0.4, -0.2) is 57.9 Å². The van der Waals surface area contributed by atoms with E-state index in [1.807, 2.05) is 0 Å². The number of methoxy groups -OCH3 is 1. The predicted molar refractivity (Wildman–Crippen MR) is 57.8 cm³/mol. The van der Waals surface area contributed by atoms with Gasteiger partial charge in [-0.3, -0.25) is 0 Å². The second-order valence-corrected chi connectivity index (χ2v) is 3.30. The molecular weight excluding hydrogens is 198 g/mol. The molecule has 0 heterocycles. The van der Waals surface area contributed by atoms with E-state index in [9.17, 15) is 0 Å². The molecule has 0 aliphatic carbocycles. The van der Waals surface area contributed by atoms with Gasteiger partial charge in [-0.15, -0.1) is 0 Å². The summed E-state index contributed by atoms with van der Waals surface area (Å²) in [6.45, 7) is 3.18. The Balaban J connectivity index is 2.92. The maximum atomic E-state index is 8.64. The molecule has 0 radical (unpaired) electrons. The van der Waals surface area contributed by atoms with E-state index in [-0.39, 0.29) is 12.6 Å². The first-order chi connectivity index (χ1) is 7.31. The Morgan fingerprint density at radius 1 is 1.07 bits per heavy atom. The molecule has 0 aromatic heterocycles. The van der Waals surface area contributed by atoms with Crippen molar-refractivity contribution in [3.05, 3.63) is 0 Å². The minimum Gasteiger partial charge on any atom is -0.395 e. The van der Waals surface area contributed by atoms with Gasteiger partial charge in [0.05, 0.1) is 19.8 Å². The lowest BCUT2D eigenvalue weighted by Crippen LogP contribution is -2.26. The zero-order chi connectivity index (χ0) is 11.4. The zero-order valence-electron chi connectivity index (χ0n) is 9.48. The Morgan fingerprint density at radius 2 is 1.73 bits per heavy atom. The average Bonchev–Trinajstić information content (AvgIpc) is 2.26. The first-order valence-corrected chi connectivity index (χ1v) is 5.32. The average molecular weight is 221 g/mol. The highest BCUT2D eigenvalue weighted by atomic mass is 16.5. The fourth-order valence-electron chi connectivity index (χ4n) is 0.953. The van der Waals surface area contributed by atoms with Gasteiger partial charge >= 0.3 is 0 Å². The van der Waals surface area contributed by atoms with Crippen molar-refractivity contribution in [2.75, 3.05) is 46.8 Å².